The Bertz CT molecular complexity index is 1890. The average Bonchev–Trinajstić information content (AvgIpc) is 3.29. The van der Waals surface area contributed by atoms with E-state index in [1.54, 1.807) is 4.90 Å². The number of carbonyl (C=O) groups is 2. The van der Waals surface area contributed by atoms with Crippen LogP contribution >= 0.6 is 0 Å². The second-order valence-corrected chi connectivity index (χ2v) is 11.8. The van der Waals surface area contributed by atoms with Gasteiger partial charge in [-0.2, -0.15) is 0 Å². The molecule has 5 aromatic rings. The highest BCUT2D eigenvalue weighted by Gasteiger charge is 2.57. The number of primary amides is 1. The molecule has 0 unspecified atom stereocenters. The summed E-state index contributed by atoms with van der Waals surface area (Å²) < 4.78 is 7.02. The van der Waals surface area contributed by atoms with E-state index in [-0.39, 0.29) is 12.5 Å². The van der Waals surface area contributed by atoms with E-state index >= 15 is 0 Å². The highest BCUT2D eigenvalue weighted by Crippen LogP contribution is 2.60. The molecule has 7 rings (SSSR count). The Kier molecular flexibility index (Phi) is 6.92. The van der Waals surface area contributed by atoms with Crippen molar-refractivity contribution >= 4 is 44.7 Å². The molecule has 5 aromatic carbocycles. The molecule has 2 aliphatic rings. The van der Waals surface area contributed by atoms with Gasteiger partial charge < -0.3 is 25.2 Å². The fourth-order valence-electron chi connectivity index (χ4n) is 7.54. The predicted molar refractivity (Wildman–Crippen MR) is 182 cm³/mol. The van der Waals surface area contributed by atoms with Gasteiger partial charge in [-0.1, -0.05) is 42.5 Å². The Morgan fingerprint density at radius 2 is 1.22 bits per heavy atom. The molecule has 0 aliphatic carbocycles. The lowest BCUT2D eigenvalue weighted by atomic mass is 9.73. The first-order valence-corrected chi connectivity index (χ1v) is 15.9. The summed E-state index contributed by atoms with van der Waals surface area (Å²) in [5, 5.41) is 3.97. The molecule has 0 saturated heterocycles. The highest BCUT2D eigenvalue weighted by molar-refractivity contribution is 6.06. The van der Waals surface area contributed by atoms with Gasteiger partial charge in [0.05, 0.1) is 0 Å². The Balaban J connectivity index is 1.57. The first-order chi connectivity index (χ1) is 21.9. The largest absolute Gasteiger partial charge is 0.455 e. The van der Waals surface area contributed by atoms with E-state index in [1.807, 2.05) is 24.3 Å². The van der Waals surface area contributed by atoms with Crippen LogP contribution in [0.25, 0.3) is 21.5 Å². The summed E-state index contributed by atoms with van der Waals surface area (Å²) >= 11 is 0. The summed E-state index contributed by atoms with van der Waals surface area (Å²) in [6.45, 7) is 12.0. The van der Waals surface area contributed by atoms with E-state index in [4.69, 9.17) is 10.5 Å². The minimum Gasteiger partial charge on any atom is -0.455 e. The molecular weight excluding hydrogens is 560 g/mol. The summed E-state index contributed by atoms with van der Waals surface area (Å²) in [5.74, 6) is 0.576. The zero-order chi connectivity index (χ0) is 31.5. The van der Waals surface area contributed by atoms with Gasteiger partial charge in [0.15, 0.2) is 0 Å². The number of ether oxygens (including phenoxy) is 1. The van der Waals surface area contributed by atoms with E-state index in [0.29, 0.717) is 17.1 Å². The monoisotopic (exact) mass is 598 g/mol. The van der Waals surface area contributed by atoms with Crippen LogP contribution in [0, 0.1) is 0 Å². The van der Waals surface area contributed by atoms with Gasteiger partial charge in [0, 0.05) is 65.0 Å². The Hall–Kier alpha value is -5.04. The Morgan fingerprint density at radius 3 is 1.71 bits per heavy atom. The second-order valence-electron chi connectivity index (χ2n) is 11.8. The van der Waals surface area contributed by atoms with Gasteiger partial charge in [-0.05, 0) is 86.5 Å². The molecule has 2 heterocycles. The fraction of sp³-hybridized carbons (Fsp3) is 0.263. The lowest BCUT2D eigenvalue weighted by Gasteiger charge is -2.44. The van der Waals surface area contributed by atoms with Gasteiger partial charge in [0.2, 0.25) is 5.91 Å². The molecule has 7 nitrogen and oxygen atoms in total. The third-order valence-electron chi connectivity index (χ3n) is 9.66. The van der Waals surface area contributed by atoms with Crippen molar-refractivity contribution in [2.75, 3.05) is 42.5 Å². The number of hydrogen-bond donors (Lipinski definition) is 1. The molecule has 0 atom stereocenters. The van der Waals surface area contributed by atoms with Gasteiger partial charge in [-0.15, -0.1) is 0 Å². The lowest BCUT2D eigenvalue weighted by Crippen LogP contribution is -2.50. The minimum atomic E-state index is -1.11. The number of hydrogen-bond acceptors (Lipinski definition) is 5. The normalized spacial score (nSPS) is 14.3. The zero-order valence-corrected chi connectivity index (χ0v) is 26.3. The van der Waals surface area contributed by atoms with Crippen molar-refractivity contribution in [3.05, 3.63) is 107 Å². The Labute approximate surface area is 263 Å². The van der Waals surface area contributed by atoms with Crippen molar-refractivity contribution < 1.29 is 14.3 Å². The van der Waals surface area contributed by atoms with Crippen LogP contribution in [0.15, 0.2) is 84.9 Å². The summed E-state index contributed by atoms with van der Waals surface area (Å²) in [6.07, 6.45) is 0. The van der Waals surface area contributed by atoms with Crippen molar-refractivity contribution in [3.63, 3.8) is 0 Å². The maximum Gasteiger partial charge on any atom is 0.255 e. The number of carbonyl (C=O) groups excluding carboxylic acids is 2. The molecule has 0 bridgehead atoms. The summed E-state index contributed by atoms with van der Waals surface area (Å²) in [7, 11) is 0. The predicted octanol–water partition coefficient (Wildman–Crippen LogP) is 7.02. The molecule has 45 heavy (non-hydrogen) atoms. The molecule has 0 saturated carbocycles. The SMILES string of the molecule is CCN(CC)c1ccc2c3c(ccc2c1)C1(c2ccccc2C(=O)N1CC(N)=O)c1ccc2cc(N(CC)CC)ccc2c1O3. The third kappa shape index (κ3) is 4.10. The van der Waals surface area contributed by atoms with E-state index in [0.717, 1.165) is 75.8 Å². The van der Waals surface area contributed by atoms with Gasteiger partial charge in [0.25, 0.3) is 5.91 Å². The number of nitrogens with zero attached hydrogens (tertiary/aromatic N) is 3. The van der Waals surface area contributed by atoms with Crippen molar-refractivity contribution in [2.24, 2.45) is 5.73 Å². The maximum atomic E-state index is 14.2. The van der Waals surface area contributed by atoms with Crippen LogP contribution in [0.4, 0.5) is 11.4 Å². The highest BCUT2D eigenvalue weighted by atomic mass is 16.5. The molecule has 0 fully saturated rings. The van der Waals surface area contributed by atoms with Crippen LogP contribution < -0.4 is 20.3 Å². The van der Waals surface area contributed by atoms with Crippen LogP contribution in [-0.4, -0.2) is 49.4 Å². The van der Waals surface area contributed by atoms with Gasteiger partial charge in [0.1, 0.15) is 23.6 Å². The molecule has 1 spiro atoms. The van der Waals surface area contributed by atoms with Crippen LogP contribution in [0.2, 0.25) is 0 Å². The number of fused-ring (bicyclic) bond motifs is 10. The fourth-order valence-corrected chi connectivity index (χ4v) is 7.54. The van der Waals surface area contributed by atoms with Crippen molar-refractivity contribution in [3.8, 4) is 11.5 Å². The topological polar surface area (TPSA) is 79.1 Å². The van der Waals surface area contributed by atoms with Gasteiger partial charge >= 0.3 is 0 Å². The van der Waals surface area contributed by atoms with Crippen LogP contribution in [0.3, 0.4) is 0 Å². The molecule has 7 heteroatoms. The van der Waals surface area contributed by atoms with Crippen LogP contribution in [0.5, 0.6) is 11.5 Å². The number of benzene rings is 5. The zero-order valence-electron chi connectivity index (χ0n) is 26.3. The van der Waals surface area contributed by atoms with Crippen LogP contribution in [-0.2, 0) is 10.3 Å². The summed E-state index contributed by atoms with van der Waals surface area (Å²) in [4.78, 5) is 33.1. The molecule has 228 valence electrons. The number of rotatable bonds is 8. The van der Waals surface area contributed by atoms with Crippen LogP contribution in [0.1, 0.15) is 54.7 Å². The van der Waals surface area contributed by atoms with E-state index in [1.165, 1.54) is 0 Å². The van der Waals surface area contributed by atoms with Gasteiger partial charge in [-0.25, -0.2) is 0 Å². The summed E-state index contributed by atoms with van der Waals surface area (Å²) in [5.41, 5.74) is 10.0. The molecule has 0 radical (unpaired) electrons. The van der Waals surface area contributed by atoms with E-state index in [2.05, 4.69) is 98.2 Å². The molecule has 2 N–H and O–H groups in total. The third-order valence-corrected chi connectivity index (χ3v) is 9.66. The quantitative estimate of drug-likeness (QED) is 0.208. The smallest absolute Gasteiger partial charge is 0.255 e. The standard InChI is InChI=1S/C38H38N4O3/c1-5-40(6-2)26-15-17-28-24(21-26)13-19-32-35(28)45-36-29-18-16-27(41(7-3)8-4)22-25(29)14-20-33(36)38(32)31-12-10-9-11-30(31)37(44)42(38)23-34(39)43/h9-22H,5-8,23H2,1-4H3,(H2,39,43). The van der Waals surface area contributed by atoms with E-state index < -0.39 is 11.4 Å². The molecule has 2 aliphatic heterocycles. The summed E-state index contributed by atoms with van der Waals surface area (Å²) in [6, 6.07) is 28.9. The molecule has 2 amide bonds. The number of anilines is 2. The first kappa shape index (κ1) is 28.7. The van der Waals surface area contributed by atoms with Crippen molar-refractivity contribution in [2.45, 2.75) is 33.2 Å². The maximum absolute atomic E-state index is 14.2. The first-order valence-electron chi connectivity index (χ1n) is 15.9. The Morgan fingerprint density at radius 1 is 0.711 bits per heavy atom. The van der Waals surface area contributed by atoms with Crippen molar-refractivity contribution in [1.29, 1.82) is 0 Å². The average molecular weight is 599 g/mol. The second kappa shape index (κ2) is 10.8. The minimum absolute atomic E-state index is 0.225. The lowest BCUT2D eigenvalue weighted by molar-refractivity contribution is -0.119. The van der Waals surface area contributed by atoms with Crippen molar-refractivity contribution in [1.82, 2.24) is 4.90 Å². The van der Waals surface area contributed by atoms with Gasteiger partial charge in [-0.3, -0.25) is 9.59 Å². The number of amides is 2. The molecule has 0 aromatic heterocycles. The molecular formula is C38H38N4O3. The van der Waals surface area contributed by atoms with E-state index in [9.17, 15) is 9.59 Å². The number of nitrogens with two attached hydrogens (primary N) is 1.